The summed E-state index contributed by atoms with van der Waals surface area (Å²) in [5.74, 6) is 0.398. The van der Waals surface area contributed by atoms with E-state index in [2.05, 4.69) is 25.7 Å². The van der Waals surface area contributed by atoms with Gasteiger partial charge >= 0.3 is 5.97 Å². The summed E-state index contributed by atoms with van der Waals surface area (Å²) in [6, 6.07) is 0. The minimum Gasteiger partial charge on any atom is -0.465 e. The minimum absolute atomic E-state index is 0.113. The van der Waals surface area contributed by atoms with Gasteiger partial charge in [0.15, 0.2) is 5.13 Å². The highest BCUT2D eigenvalue weighted by atomic mass is 32.1. The van der Waals surface area contributed by atoms with Gasteiger partial charge in [0.1, 0.15) is 5.92 Å². The molecule has 0 saturated heterocycles. The van der Waals surface area contributed by atoms with Crippen molar-refractivity contribution >= 4 is 22.4 Å². The SMILES string of the molecule is CCOC(=O)C1CCc2sc(N(CC)CC(C)CC)nc21. The molecular formula is C16H26N2O2S. The van der Waals surface area contributed by atoms with E-state index >= 15 is 0 Å². The number of carbonyl (C=O) groups is 1. The molecular weight excluding hydrogens is 284 g/mol. The number of hydrogen-bond acceptors (Lipinski definition) is 5. The van der Waals surface area contributed by atoms with Crippen LogP contribution in [0.15, 0.2) is 0 Å². The van der Waals surface area contributed by atoms with Crippen molar-refractivity contribution in [3.63, 3.8) is 0 Å². The molecule has 5 heteroatoms. The number of nitrogens with zero attached hydrogens (tertiary/aromatic N) is 2. The molecule has 2 unspecified atom stereocenters. The Kier molecular flexibility index (Phi) is 5.62. The number of aromatic nitrogens is 1. The monoisotopic (exact) mass is 310 g/mol. The molecule has 1 heterocycles. The topological polar surface area (TPSA) is 42.4 Å². The van der Waals surface area contributed by atoms with Gasteiger partial charge in [-0.25, -0.2) is 4.98 Å². The highest BCUT2D eigenvalue weighted by Crippen LogP contribution is 2.40. The average Bonchev–Trinajstić information content (AvgIpc) is 3.04. The van der Waals surface area contributed by atoms with Crippen LogP contribution in [0.2, 0.25) is 0 Å². The van der Waals surface area contributed by atoms with E-state index in [4.69, 9.17) is 9.72 Å². The predicted octanol–water partition coefficient (Wildman–Crippen LogP) is 3.61. The van der Waals surface area contributed by atoms with Gasteiger partial charge in [-0.2, -0.15) is 0 Å². The molecule has 0 bridgehead atoms. The van der Waals surface area contributed by atoms with Crippen molar-refractivity contribution < 1.29 is 9.53 Å². The van der Waals surface area contributed by atoms with Crippen molar-refractivity contribution in [1.29, 1.82) is 0 Å². The van der Waals surface area contributed by atoms with Gasteiger partial charge in [-0.15, -0.1) is 11.3 Å². The second-order valence-corrected chi connectivity index (χ2v) is 6.76. The van der Waals surface area contributed by atoms with E-state index in [-0.39, 0.29) is 11.9 Å². The Morgan fingerprint density at radius 2 is 2.24 bits per heavy atom. The van der Waals surface area contributed by atoms with Gasteiger partial charge < -0.3 is 9.64 Å². The number of hydrogen-bond donors (Lipinski definition) is 0. The maximum Gasteiger partial charge on any atom is 0.315 e. The molecule has 0 spiro atoms. The fourth-order valence-corrected chi connectivity index (χ4v) is 3.88. The van der Waals surface area contributed by atoms with Gasteiger partial charge in [0.05, 0.1) is 12.3 Å². The Hall–Kier alpha value is -1.10. The summed E-state index contributed by atoms with van der Waals surface area (Å²) in [5.41, 5.74) is 0.969. The highest BCUT2D eigenvalue weighted by molar-refractivity contribution is 7.15. The summed E-state index contributed by atoms with van der Waals surface area (Å²) in [5, 5.41) is 1.07. The molecule has 0 fully saturated rings. The smallest absolute Gasteiger partial charge is 0.315 e. The van der Waals surface area contributed by atoms with Crippen LogP contribution in [-0.2, 0) is 16.0 Å². The largest absolute Gasteiger partial charge is 0.465 e. The molecule has 1 aromatic heterocycles. The van der Waals surface area contributed by atoms with E-state index in [9.17, 15) is 4.79 Å². The molecule has 2 rings (SSSR count). The molecule has 21 heavy (non-hydrogen) atoms. The number of rotatable bonds is 7. The fraction of sp³-hybridized carbons (Fsp3) is 0.750. The van der Waals surface area contributed by atoms with E-state index in [1.54, 1.807) is 11.3 Å². The first kappa shape index (κ1) is 16.3. The van der Waals surface area contributed by atoms with Crippen molar-refractivity contribution in [3.8, 4) is 0 Å². The lowest BCUT2D eigenvalue weighted by Gasteiger charge is -2.23. The van der Waals surface area contributed by atoms with Crippen LogP contribution >= 0.6 is 11.3 Å². The molecule has 0 amide bonds. The second kappa shape index (κ2) is 7.25. The summed E-state index contributed by atoms with van der Waals surface area (Å²) in [4.78, 5) is 20.4. The van der Waals surface area contributed by atoms with Gasteiger partial charge in [0.2, 0.25) is 0 Å². The quantitative estimate of drug-likeness (QED) is 0.722. The lowest BCUT2D eigenvalue weighted by Crippen LogP contribution is -2.28. The van der Waals surface area contributed by atoms with Crippen molar-refractivity contribution in [2.75, 3.05) is 24.6 Å². The molecule has 0 N–H and O–H groups in total. The Morgan fingerprint density at radius 3 is 2.86 bits per heavy atom. The Morgan fingerprint density at radius 1 is 1.48 bits per heavy atom. The normalized spacial score (nSPS) is 18.4. The molecule has 4 nitrogen and oxygen atoms in total. The summed E-state index contributed by atoms with van der Waals surface area (Å²) < 4.78 is 5.17. The minimum atomic E-state index is -0.146. The zero-order valence-corrected chi connectivity index (χ0v) is 14.3. The third-order valence-electron chi connectivity index (χ3n) is 4.16. The number of aryl methyl sites for hydroxylation is 1. The van der Waals surface area contributed by atoms with Crippen LogP contribution in [0.4, 0.5) is 5.13 Å². The summed E-state index contributed by atoms with van der Waals surface area (Å²) in [6.07, 6.45) is 2.98. The first-order valence-electron chi connectivity index (χ1n) is 8.01. The summed E-state index contributed by atoms with van der Waals surface area (Å²) in [6.45, 7) is 10.9. The van der Waals surface area contributed by atoms with E-state index in [0.29, 0.717) is 12.5 Å². The number of anilines is 1. The molecule has 0 aromatic carbocycles. The maximum absolute atomic E-state index is 12.0. The van der Waals surface area contributed by atoms with Crippen LogP contribution in [0.1, 0.15) is 57.0 Å². The Bertz CT molecular complexity index is 487. The molecule has 0 aliphatic heterocycles. The lowest BCUT2D eigenvalue weighted by molar-refractivity contribution is -0.145. The van der Waals surface area contributed by atoms with Gasteiger partial charge in [-0.3, -0.25) is 4.79 Å². The van der Waals surface area contributed by atoms with Crippen LogP contribution in [0.3, 0.4) is 0 Å². The van der Waals surface area contributed by atoms with Gasteiger partial charge in [-0.1, -0.05) is 20.3 Å². The molecule has 0 radical (unpaired) electrons. The molecule has 2 atom stereocenters. The van der Waals surface area contributed by atoms with Crippen molar-refractivity contribution in [3.05, 3.63) is 10.6 Å². The fourth-order valence-electron chi connectivity index (χ4n) is 2.67. The van der Waals surface area contributed by atoms with Crippen LogP contribution in [0.5, 0.6) is 0 Å². The highest BCUT2D eigenvalue weighted by Gasteiger charge is 2.34. The lowest BCUT2D eigenvalue weighted by atomic mass is 10.1. The zero-order valence-electron chi connectivity index (χ0n) is 13.5. The molecule has 1 aliphatic rings. The molecule has 1 aromatic rings. The molecule has 1 aliphatic carbocycles. The maximum atomic E-state index is 12.0. The predicted molar refractivity (Wildman–Crippen MR) is 87.2 cm³/mol. The van der Waals surface area contributed by atoms with Crippen LogP contribution in [-0.4, -0.2) is 30.6 Å². The third kappa shape index (κ3) is 3.57. The molecule has 118 valence electrons. The van der Waals surface area contributed by atoms with Crippen molar-refractivity contribution in [1.82, 2.24) is 4.98 Å². The van der Waals surface area contributed by atoms with Crippen LogP contribution < -0.4 is 4.90 Å². The number of thiazole rings is 1. The average molecular weight is 310 g/mol. The van der Waals surface area contributed by atoms with E-state index in [0.717, 1.165) is 36.8 Å². The Labute approximate surface area is 131 Å². The standard InChI is InChI=1S/C16H26N2O2S/c1-5-11(4)10-18(6-2)16-17-14-12(15(19)20-7-3)8-9-13(14)21-16/h11-12H,5-10H2,1-4H3. The second-order valence-electron chi connectivity index (χ2n) is 5.70. The van der Waals surface area contributed by atoms with E-state index in [1.807, 2.05) is 6.92 Å². The van der Waals surface area contributed by atoms with Gasteiger partial charge in [0.25, 0.3) is 0 Å². The number of carbonyl (C=O) groups excluding carboxylic acids is 1. The van der Waals surface area contributed by atoms with Crippen molar-refractivity contribution in [2.45, 2.75) is 52.9 Å². The first-order valence-corrected chi connectivity index (χ1v) is 8.83. The van der Waals surface area contributed by atoms with Crippen LogP contribution in [0.25, 0.3) is 0 Å². The number of esters is 1. The molecule has 0 saturated carbocycles. The van der Waals surface area contributed by atoms with Gasteiger partial charge in [0, 0.05) is 18.0 Å². The van der Waals surface area contributed by atoms with E-state index in [1.165, 1.54) is 11.3 Å². The summed E-state index contributed by atoms with van der Waals surface area (Å²) >= 11 is 1.75. The van der Waals surface area contributed by atoms with Gasteiger partial charge in [-0.05, 0) is 32.6 Å². The van der Waals surface area contributed by atoms with Crippen LogP contribution in [0, 0.1) is 5.92 Å². The number of ether oxygens (including phenoxy) is 1. The zero-order chi connectivity index (χ0) is 15.4. The number of fused-ring (bicyclic) bond motifs is 1. The summed E-state index contributed by atoms with van der Waals surface area (Å²) in [7, 11) is 0. The van der Waals surface area contributed by atoms with E-state index < -0.39 is 0 Å². The third-order valence-corrected chi connectivity index (χ3v) is 5.35. The first-order chi connectivity index (χ1) is 10.1. The van der Waals surface area contributed by atoms with Crippen molar-refractivity contribution in [2.24, 2.45) is 5.92 Å². The Balaban J connectivity index is 2.14.